The van der Waals surface area contributed by atoms with E-state index in [-0.39, 0.29) is 0 Å². The molecule has 1 aliphatic rings. The first-order valence-corrected chi connectivity index (χ1v) is 7.19. The van der Waals surface area contributed by atoms with Crippen molar-refractivity contribution in [3.63, 3.8) is 0 Å². The lowest BCUT2D eigenvalue weighted by molar-refractivity contribution is 0.111. The number of benzene rings is 1. The van der Waals surface area contributed by atoms with Crippen molar-refractivity contribution in [1.82, 2.24) is 4.90 Å². The number of para-hydroxylation sites is 1. The molecular weight excluding hydrogens is 238 g/mol. The Hall–Kier alpha value is -1.35. The maximum atomic E-state index is 10.9. The van der Waals surface area contributed by atoms with Gasteiger partial charge in [0.05, 0.1) is 12.2 Å². The molecule has 0 unspecified atom stereocenters. The predicted octanol–water partition coefficient (Wildman–Crippen LogP) is 3.00. The number of hydrogen-bond donors (Lipinski definition) is 0. The minimum absolute atomic E-state index is 0.633. The highest BCUT2D eigenvalue weighted by atomic mass is 16.5. The molecule has 1 saturated heterocycles. The van der Waals surface area contributed by atoms with Crippen molar-refractivity contribution in [3.8, 4) is 5.75 Å². The van der Waals surface area contributed by atoms with Gasteiger partial charge < -0.3 is 9.64 Å². The van der Waals surface area contributed by atoms with Gasteiger partial charge in [0.2, 0.25) is 0 Å². The molecule has 0 spiro atoms. The van der Waals surface area contributed by atoms with Gasteiger partial charge in [-0.25, -0.2) is 0 Å². The number of rotatable bonds is 6. The second kappa shape index (κ2) is 7.29. The van der Waals surface area contributed by atoms with Gasteiger partial charge in [0.15, 0.2) is 6.29 Å². The van der Waals surface area contributed by atoms with Crippen LogP contribution in [0.25, 0.3) is 0 Å². The maximum absolute atomic E-state index is 10.9. The van der Waals surface area contributed by atoms with Crippen LogP contribution in [0.2, 0.25) is 0 Å². The van der Waals surface area contributed by atoms with Crippen LogP contribution < -0.4 is 4.74 Å². The molecule has 0 aliphatic carbocycles. The van der Waals surface area contributed by atoms with Crippen molar-refractivity contribution < 1.29 is 9.53 Å². The lowest BCUT2D eigenvalue weighted by Gasteiger charge is -2.30. The third-order valence-corrected chi connectivity index (χ3v) is 3.66. The number of aldehydes is 1. The third-order valence-electron chi connectivity index (χ3n) is 3.66. The van der Waals surface area contributed by atoms with Gasteiger partial charge in [0.1, 0.15) is 5.75 Å². The molecule has 1 fully saturated rings. The zero-order chi connectivity index (χ0) is 13.5. The van der Waals surface area contributed by atoms with E-state index in [9.17, 15) is 4.79 Å². The van der Waals surface area contributed by atoms with Crippen molar-refractivity contribution in [3.05, 3.63) is 29.8 Å². The first kappa shape index (κ1) is 14.1. The summed E-state index contributed by atoms with van der Waals surface area (Å²) >= 11 is 0. The van der Waals surface area contributed by atoms with Crippen LogP contribution in [0.15, 0.2) is 24.3 Å². The number of nitrogens with zero attached hydrogens (tertiary/aromatic N) is 1. The molecule has 1 aromatic carbocycles. The van der Waals surface area contributed by atoms with Crippen molar-refractivity contribution >= 4 is 6.29 Å². The Balaban J connectivity index is 1.70. The molecule has 0 aromatic heterocycles. The van der Waals surface area contributed by atoms with E-state index in [1.54, 1.807) is 6.07 Å². The highest BCUT2D eigenvalue weighted by molar-refractivity contribution is 5.79. The number of likely N-dealkylation sites (tertiary alicyclic amines) is 1. The molecule has 0 amide bonds. The summed E-state index contributed by atoms with van der Waals surface area (Å²) in [4.78, 5) is 13.4. The largest absolute Gasteiger partial charge is 0.493 e. The first-order chi connectivity index (χ1) is 9.29. The molecule has 0 radical (unpaired) electrons. The van der Waals surface area contributed by atoms with E-state index in [4.69, 9.17) is 4.74 Å². The monoisotopic (exact) mass is 261 g/mol. The van der Waals surface area contributed by atoms with Gasteiger partial charge in [-0.3, -0.25) is 4.79 Å². The highest BCUT2D eigenvalue weighted by Crippen LogP contribution is 2.17. The number of hydrogen-bond acceptors (Lipinski definition) is 3. The van der Waals surface area contributed by atoms with Crippen LogP contribution in [0.3, 0.4) is 0 Å². The topological polar surface area (TPSA) is 29.5 Å². The fourth-order valence-electron chi connectivity index (χ4n) is 2.67. The van der Waals surface area contributed by atoms with E-state index in [0.29, 0.717) is 17.9 Å². The Labute approximate surface area is 115 Å². The lowest BCUT2D eigenvalue weighted by atomic mass is 10.0. The van der Waals surface area contributed by atoms with E-state index in [1.165, 1.54) is 25.9 Å². The number of ether oxygens (including phenoxy) is 1. The van der Waals surface area contributed by atoms with E-state index < -0.39 is 0 Å². The molecule has 0 saturated carbocycles. The molecule has 1 aromatic rings. The summed E-state index contributed by atoms with van der Waals surface area (Å²) in [5.41, 5.74) is 0.633. The summed E-state index contributed by atoms with van der Waals surface area (Å²) in [7, 11) is 0. The minimum atomic E-state index is 0.633. The quantitative estimate of drug-likeness (QED) is 0.582. The summed E-state index contributed by atoms with van der Waals surface area (Å²) in [5, 5.41) is 0. The summed E-state index contributed by atoms with van der Waals surface area (Å²) in [5.74, 6) is 1.52. The summed E-state index contributed by atoms with van der Waals surface area (Å²) < 4.78 is 5.69. The molecule has 1 heterocycles. The van der Waals surface area contributed by atoms with Crippen molar-refractivity contribution in [2.45, 2.75) is 26.2 Å². The Bertz CT molecular complexity index is 405. The third kappa shape index (κ3) is 4.35. The first-order valence-electron chi connectivity index (χ1n) is 7.19. The summed E-state index contributed by atoms with van der Waals surface area (Å²) in [6.07, 6.45) is 4.54. The van der Waals surface area contributed by atoms with Crippen molar-refractivity contribution in [2.24, 2.45) is 5.92 Å². The van der Waals surface area contributed by atoms with Crippen LogP contribution in [-0.4, -0.2) is 37.4 Å². The van der Waals surface area contributed by atoms with Crippen LogP contribution in [0, 0.1) is 5.92 Å². The maximum Gasteiger partial charge on any atom is 0.153 e. The number of piperidine rings is 1. The molecular formula is C16H23NO2. The molecule has 3 heteroatoms. The second-order valence-electron chi connectivity index (χ2n) is 5.41. The van der Waals surface area contributed by atoms with E-state index in [2.05, 4.69) is 11.8 Å². The molecule has 0 N–H and O–H groups in total. The van der Waals surface area contributed by atoms with Crippen LogP contribution >= 0.6 is 0 Å². The van der Waals surface area contributed by atoms with Crippen LogP contribution in [0.5, 0.6) is 5.75 Å². The summed E-state index contributed by atoms with van der Waals surface area (Å²) in [6.45, 7) is 6.52. The van der Waals surface area contributed by atoms with Gasteiger partial charge in [-0.1, -0.05) is 19.1 Å². The fraction of sp³-hybridized carbons (Fsp3) is 0.562. The number of carbonyl (C=O) groups is 1. The van der Waals surface area contributed by atoms with Gasteiger partial charge in [-0.05, 0) is 43.9 Å². The molecule has 104 valence electrons. The molecule has 3 nitrogen and oxygen atoms in total. The Morgan fingerprint density at radius 2 is 2.26 bits per heavy atom. The van der Waals surface area contributed by atoms with Crippen molar-refractivity contribution in [1.29, 1.82) is 0 Å². The van der Waals surface area contributed by atoms with Crippen LogP contribution in [-0.2, 0) is 0 Å². The summed E-state index contributed by atoms with van der Waals surface area (Å²) in [6, 6.07) is 7.39. The minimum Gasteiger partial charge on any atom is -0.493 e. The number of carbonyl (C=O) groups excluding carboxylic acids is 1. The second-order valence-corrected chi connectivity index (χ2v) is 5.41. The highest BCUT2D eigenvalue weighted by Gasteiger charge is 2.15. The Morgan fingerprint density at radius 1 is 1.42 bits per heavy atom. The van der Waals surface area contributed by atoms with E-state index in [0.717, 1.165) is 25.2 Å². The molecule has 1 atom stereocenters. The standard InChI is InChI=1S/C16H23NO2/c1-14-6-4-9-17(12-14)10-5-11-19-16-8-3-2-7-15(16)13-18/h2-3,7-8,13-14H,4-6,9-12H2,1H3/t14-/m1/s1. The van der Waals surface area contributed by atoms with Gasteiger partial charge in [0.25, 0.3) is 0 Å². The van der Waals surface area contributed by atoms with Gasteiger partial charge >= 0.3 is 0 Å². The average Bonchev–Trinajstić information content (AvgIpc) is 2.44. The Kier molecular flexibility index (Phi) is 5.40. The van der Waals surface area contributed by atoms with Crippen LogP contribution in [0.4, 0.5) is 0 Å². The predicted molar refractivity (Wildman–Crippen MR) is 76.8 cm³/mol. The van der Waals surface area contributed by atoms with E-state index >= 15 is 0 Å². The normalized spacial score (nSPS) is 20.2. The molecule has 1 aliphatic heterocycles. The molecule has 19 heavy (non-hydrogen) atoms. The Morgan fingerprint density at radius 3 is 3.05 bits per heavy atom. The lowest BCUT2D eigenvalue weighted by Crippen LogP contribution is -2.35. The molecule has 0 bridgehead atoms. The van der Waals surface area contributed by atoms with Gasteiger partial charge in [-0.15, -0.1) is 0 Å². The SMILES string of the molecule is C[C@@H]1CCCN(CCCOc2ccccc2C=O)C1. The zero-order valence-corrected chi connectivity index (χ0v) is 11.7. The smallest absolute Gasteiger partial charge is 0.153 e. The zero-order valence-electron chi connectivity index (χ0n) is 11.7. The average molecular weight is 261 g/mol. The van der Waals surface area contributed by atoms with Gasteiger partial charge in [0, 0.05) is 13.1 Å². The van der Waals surface area contributed by atoms with Gasteiger partial charge in [-0.2, -0.15) is 0 Å². The van der Waals surface area contributed by atoms with E-state index in [1.807, 2.05) is 18.2 Å². The van der Waals surface area contributed by atoms with Crippen molar-refractivity contribution in [2.75, 3.05) is 26.2 Å². The molecule has 2 rings (SSSR count). The fourth-order valence-corrected chi connectivity index (χ4v) is 2.67. The van der Waals surface area contributed by atoms with Crippen LogP contribution in [0.1, 0.15) is 36.5 Å².